The fraction of sp³-hybridized carbons (Fsp3) is 0.125. The van der Waals surface area contributed by atoms with Gasteiger partial charge in [-0.15, -0.1) is 0 Å². The van der Waals surface area contributed by atoms with Gasteiger partial charge in [0.1, 0.15) is 0 Å². The number of anilines is 1. The van der Waals surface area contributed by atoms with Gasteiger partial charge in [-0.1, -0.05) is 6.07 Å². The van der Waals surface area contributed by atoms with Crippen molar-refractivity contribution in [3.63, 3.8) is 0 Å². The molecule has 0 atom stereocenters. The van der Waals surface area contributed by atoms with E-state index < -0.39 is 44.8 Å². The number of carbonyl (C=O) groups is 2. The third-order valence-electron chi connectivity index (χ3n) is 5.13. The van der Waals surface area contributed by atoms with Crippen molar-refractivity contribution in [3.05, 3.63) is 92.0 Å². The highest BCUT2D eigenvalue weighted by Crippen LogP contribution is 2.38. The number of rotatable bonds is 8. The number of ether oxygens (including phenoxy) is 2. The first-order valence-electron chi connectivity index (χ1n) is 10.9. The van der Waals surface area contributed by atoms with Crippen LogP contribution < -0.4 is 20.2 Å². The number of methoxy groups -OCH3 is 1. The SMILES string of the molecule is COc1cc(/C(C)=N/NC(=O)C(=O)Nc2cccc(C(F)(F)F)c2)ccc1Oc1ccc([N+](=O)[O-])cc1[N+](=O)[O-]. The van der Waals surface area contributed by atoms with Crippen LogP contribution in [-0.2, 0) is 15.8 Å². The first kappa shape index (κ1) is 29.0. The van der Waals surface area contributed by atoms with Gasteiger partial charge in [-0.2, -0.15) is 18.3 Å². The number of nitro benzene ring substituents is 2. The van der Waals surface area contributed by atoms with Crippen LogP contribution in [0.2, 0.25) is 0 Å². The largest absolute Gasteiger partial charge is 0.493 e. The second-order valence-electron chi connectivity index (χ2n) is 7.80. The van der Waals surface area contributed by atoms with Gasteiger partial charge in [-0.3, -0.25) is 29.8 Å². The number of halogens is 3. The Morgan fingerprint density at radius 1 is 0.900 bits per heavy atom. The van der Waals surface area contributed by atoms with E-state index in [1.807, 2.05) is 10.7 Å². The quantitative estimate of drug-likeness (QED) is 0.171. The van der Waals surface area contributed by atoms with E-state index in [2.05, 4.69) is 5.10 Å². The van der Waals surface area contributed by atoms with Crippen LogP contribution in [0.5, 0.6) is 17.2 Å². The van der Waals surface area contributed by atoms with Crippen molar-refractivity contribution in [2.45, 2.75) is 13.1 Å². The molecule has 3 aromatic carbocycles. The predicted octanol–water partition coefficient (Wildman–Crippen LogP) is 4.80. The maximum absolute atomic E-state index is 12.8. The van der Waals surface area contributed by atoms with Gasteiger partial charge >= 0.3 is 23.7 Å². The molecule has 0 saturated heterocycles. The molecule has 16 heteroatoms. The lowest BCUT2D eigenvalue weighted by molar-refractivity contribution is -0.394. The van der Waals surface area contributed by atoms with Crippen LogP contribution in [-0.4, -0.2) is 34.5 Å². The topological polar surface area (TPSA) is 175 Å². The van der Waals surface area contributed by atoms with Gasteiger partial charge in [-0.25, -0.2) is 5.43 Å². The highest BCUT2D eigenvalue weighted by Gasteiger charge is 2.30. The van der Waals surface area contributed by atoms with Crippen molar-refractivity contribution in [2.24, 2.45) is 5.10 Å². The summed E-state index contributed by atoms with van der Waals surface area (Å²) in [7, 11) is 1.28. The minimum atomic E-state index is -4.64. The van der Waals surface area contributed by atoms with Gasteiger partial charge in [0, 0.05) is 17.3 Å². The molecule has 13 nitrogen and oxygen atoms in total. The molecule has 0 bridgehead atoms. The average Bonchev–Trinajstić information content (AvgIpc) is 2.91. The lowest BCUT2D eigenvalue weighted by Gasteiger charge is -2.12. The number of alkyl halides is 3. The zero-order chi connectivity index (χ0) is 29.6. The van der Waals surface area contributed by atoms with Crippen LogP contribution in [0.1, 0.15) is 18.1 Å². The summed E-state index contributed by atoms with van der Waals surface area (Å²) in [4.78, 5) is 44.8. The zero-order valence-electron chi connectivity index (χ0n) is 20.5. The smallest absolute Gasteiger partial charge is 0.416 e. The van der Waals surface area contributed by atoms with E-state index in [1.54, 1.807) is 0 Å². The summed E-state index contributed by atoms with van der Waals surface area (Å²) in [5.74, 6) is -2.71. The number of carbonyl (C=O) groups excluding carboxylic acids is 2. The van der Waals surface area contributed by atoms with Crippen LogP contribution in [0, 0.1) is 20.2 Å². The molecule has 0 saturated carbocycles. The zero-order valence-corrected chi connectivity index (χ0v) is 20.5. The second-order valence-corrected chi connectivity index (χ2v) is 7.80. The maximum atomic E-state index is 12.8. The maximum Gasteiger partial charge on any atom is 0.416 e. The molecule has 3 rings (SSSR count). The molecule has 0 heterocycles. The Balaban J connectivity index is 1.73. The summed E-state index contributed by atoms with van der Waals surface area (Å²) < 4.78 is 49.3. The lowest BCUT2D eigenvalue weighted by atomic mass is 10.1. The van der Waals surface area contributed by atoms with Crippen LogP contribution in [0.3, 0.4) is 0 Å². The molecule has 0 fully saturated rings. The highest BCUT2D eigenvalue weighted by atomic mass is 19.4. The molecular weight excluding hydrogens is 543 g/mol. The fourth-order valence-corrected chi connectivity index (χ4v) is 3.15. The number of non-ortho nitro benzene ring substituents is 1. The average molecular weight is 561 g/mol. The van der Waals surface area contributed by atoms with Crippen molar-refractivity contribution in [1.82, 2.24) is 5.43 Å². The van der Waals surface area contributed by atoms with Crippen molar-refractivity contribution < 1.29 is 42.1 Å². The lowest BCUT2D eigenvalue weighted by Crippen LogP contribution is -2.33. The number of amides is 2. The van der Waals surface area contributed by atoms with Crippen molar-refractivity contribution in [1.29, 1.82) is 0 Å². The van der Waals surface area contributed by atoms with Gasteiger partial charge in [0.2, 0.25) is 5.75 Å². The first-order chi connectivity index (χ1) is 18.8. The number of hydrogen-bond donors (Lipinski definition) is 2. The Labute approximate surface area is 222 Å². The normalized spacial score (nSPS) is 11.4. The molecule has 2 N–H and O–H groups in total. The van der Waals surface area contributed by atoms with E-state index in [4.69, 9.17) is 9.47 Å². The molecule has 0 unspecified atom stereocenters. The number of benzene rings is 3. The molecule has 0 aliphatic heterocycles. The van der Waals surface area contributed by atoms with Crippen LogP contribution in [0.15, 0.2) is 65.8 Å². The number of nitrogens with one attached hydrogen (secondary N) is 2. The van der Waals surface area contributed by atoms with Gasteiger partial charge in [0.25, 0.3) is 5.69 Å². The van der Waals surface area contributed by atoms with E-state index in [0.717, 1.165) is 30.3 Å². The number of hydrogen-bond acceptors (Lipinski definition) is 9. The first-order valence-corrected chi connectivity index (χ1v) is 10.9. The summed E-state index contributed by atoms with van der Waals surface area (Å²) in [5, 5.41) is 28.1. The van der Waals surface area contributed by atoms with Crippen molar-refractivity contribution in [3.8, 4) is 17.2 Å². The predicted molar refractivity (Wildman–Crippen MR) is 133 cm³/mol. The highest BCUT2D eigenvalue weighted by molar-refractivity contribution is 6.39. The van der Waals surface area contributed by atoms with E-state index in [9.17, 15) is 43.0 Å². The molecule has 3 aromatic rings. The molecule has 0 radical (unpaired) electrons. The van der Waals surface area contributed by atoms with E-state index in [0.29, 0.717) is 11.6 Å². The molecular formula is C24H18F3N5O8. The minimum Gasteiger partial charge on any atom is -0.493 e. The number of nitrogens with zero attached hydrogens (tertiary/aromatic N) is 3. The van der Waals surface area contributed by atoms with Crippen LogP contribution in [0.25, 0.3) is 0 Å². The van der Waals surface area contributed by atoms with Crippen molar-refractivity contribution >= 4 is 34.6 Å². The third kappa shape index (κ3) is 7.06. The summed E-state index contributed by atoms with van der Waals surface area (Å²) in [6.45, 7) is 1.46. The van der Waals surface area contributed by atoms with Crippen LogP contribution >= 0.6 is 0 Å². The van der Waals surface area contributed by atoms with E-state index >= 15 is 0 Å². The molecule has 0 spiro atoms. The molecule has 0 aromatic heterocycles. The van der Waals surface area contributed by atoms with Gasteiger partial charge in [0.15, 0.2) is 11.5 Å². The summed E-state index contributed by atoms with van der Waals surface area (Å²) in [6, 6.07) is 10.8. The van der Waals surface area contributed by atoms with Gasteiger partial charge < -0.3 is 14.8 Å². The Morgan fingerprint density at radius 2 is 1.60 bits per heavy atom. The number of hydrazone groups is 1. The molecule has 0 aliphatic rings. The molecule has 40 heavy (non-hydrogen) atoms. The second kappa shape index (κ2) is 11.9. The monoisotopic (exact) mass is 561 g/mol. The Hall–Kier alpha value is -5.54. The van der Waals surface area contributed by atoms with E-state index in [1.165, 1.54) is 38.3 Å². The third-order valence-corrected chi connectivity index (χ3v) is 5.13. The van der Waals surface area contributed by atoms with Gasteiger partial charge in [-0.05, 0) is 49.4 Å². The van der Waals surface area contributed by atoms with E-state index in [-0.39, 0.29) is 28.6 Å². The summed E-state index contributed by atoms with van der Waals surface area (Å²) >= 11 is 0. The molecule has 208 valence electrons. The fourth-order valence-electron chi connectivity index (χ4n) is 3.15. The molecule has 0 aliphatic carbocycles. The Kier molecular flexibility index (Phi) is 8.62. The summed E-state index contributed by atoms with van der Waals surface area (Å²) in [6.07, 6.45) is -4.64. The Bertz CT molecular complexity index is 1520. The van der Waals surface area contributed by atoms with Gasteiger partial charge in [0.05, 0.1) is 34.3 Å². The Morgan fingerprint density at radius 3 is 2.23 bits per heavy atom. The number of nitro groups is 2. The minimum absolute atomic E-state index is 0.0144. The van der Waals surface area contributed by atoms with Crippen LogP contribution in [0.4, 0.5) is 30.2 Å². The van der Waals surface area contributed by atoms with Crippen molar-refractivity contribution in [2.75, 3.05) is 12.4 Å². The standard InChI is InChI=1S/C24H18F3N5O8/c1-13(29-30-23(34)22(33)28-16-5-3-4-15(11-16)24(25,26)27)14-6-8-20(21(10-14)39-2)40-19-9-7-17(31(35)36)12-18(19)32(37)38/h3-12H,1-2H3,(H,28,33)(H,30,34)/b29-13+. The summed E-state index contributed by atoms with van der Waals surface area (Å²) in [5.41, 5.74) is 0.113. The molecule has 2 amide bonds.